The first-order chi connectivity index (χ1) is 8.60. The molecule has 104 valence electrons. The summed E-state index contributed by atoms with van der Waals surface area (Å²) in [5, 5.41) is 9.61. The molecule has 0 bridgehead atoms. The van der Waals surface area contributed by atoms with Gasteiger partial charge in [-0.25, -0.2) is 0 Å². The normalized spacial score (nSPS) is 14.0. The number of hydrogen-bond acceptors (Lipinski definition) is 2. The molecule has 1 unspecified atom stereocenters. The van der Waals surface area contributed by atoms with Crippen LogP contribution >= 0.6 is 0 Å². The molecule has 1 rings (SSSR count). The molecule has 0 aliphatic carbocycles. The molecule has 0 aliphatic heterocycles. The number of nitrogens with zero attached hydrogens (tertiary/aromatic N) is 1. The summed E-state index contributed by atoms with van der Waals surface area (Å²) in [4.78, 5) is 0. The van der Waals surface area contributed by atoms with E-state index < -0.39 is 14.4 Å². The van der Waals surface area contributed by atoms with Gasteiger partial charge in [-0.05, 0) is 48.7 Å². The Labute approximate surface area is 118 Å². The number of hydrogen-bond donors (Lipinski definition) is 0. The van der Waals surface area contributed by atoms with E-state index in [-0.39, 0.29) is 5.04 Å². The SMILES string of the molecule is Cc1cccc(C)c1C(C#N)O[Si](C)(C)C(C)(C)C. The molecular weight excluding hydrogens is 250 g/mol. The Kier molecular flexibility index (Phi) is 4.60. The van der Waals surface area contributed by atoms with Gasteiger partial charge in [0.2, 0.25) is 0 Å². The number of nitriles is 1. The van der Waals surface area contributed by atoms with Gasteiger partial charge >= 0.3 is 0 Å². The van der Waals surface area contributed by atoms with Crippen molar-refractivity contribution in [1.29, 1.82) is 5.26 Å². The van der Waals surface area contributed by atoms with E-state index in [0.717, 1.165) is 16.7 Å². The average molecular weight is 275 g/mol. The zero-order valence-electron chi connectivity index (χ0n) is 13.2. The van der Waals surface area contributed by atoms with E-state index in [1.54, 1.807) is 0 Å². The van der Waals surface area contributed by atoms with Gasteiger partial charge in [0.05, 0.1) is 6.07 Å². The molecule has 0 saturated heterocycles. The molecule has 0 amide bonds. The minimum Gasteiger partial charge on any atom is -0.398 e. The van der Waals surface area contributed by atoms with Crippen molar-refractivity contribution in [1.82, 2.24) is 0 Å². The van der Waals surface area contributed by atoms with Crippen LogP contribution in [0.5, 0.6) is 0 Å². The zero-order valence-corrected chi connectivity index (χ0v) is 14.2. The predicted octanol–water partition coefficient (Wildman–Crippen LogP) is 4.89. The van der Waals surface area contributed by atoms with Crippen molar-refractivity contribution in [2.75, 3.05) is 0 Å². The number of rotatable bonds is 3. The highest BCUT2D eigenvalue weighted by atomic mass is 28.4. The standard InChI is InChI=1S/C16H25NOSi/c1-12-9-8-10-13(2)15(12)14(11-17)18-19(6,7)16(3,4)5/h8-10,14H,1-7H3. The van der Waals surface area contributed by atoms with E-state index in [0.29, 0.717) is 0 Å². The van der Waals surface area contributed by atoms with Crippen LogP contribution in [0.3, 0.4) is 0 Å². The Balaban J connectivity index is 3.14. The van der Waals surface area contributed by atoms with Crippen molar-refractivity contribution in [3.8, 4) is 6.07 Å². The maximum absolute atomic E-state index is 9.50. The lowest BCUT2D eigenvalue weighted by Crippen LogP contribution is -2.41. The molecule has 1 aromatic carbocycles. The van der Waals surface area contributed by atoms with E-state index in [9.17, 15) is 5.26 Å². The van der Waals surface area contributed by atoms with Gasteiger partial charge in [0.25, 0.3) is 0 Å². The van der Waals surface area contributed by atoms with Crippen molar-refractivity contribution in [3.63, 3.8) is 0 Å². The monoisotopic (exact) mass is 275 g/mol. The van der Waals surface area contributed by atoms with Gasteiger partial charge in [-0.2, -0.15) is 5.26 Å². The third kappa shape index (κ3) is 3.46. The van der Waals surface area contributed by atoms with Crippen LogP contribution in [0.4, 0.5) is 0 Å². The van der Waals surface area contributed by atoms with Gasteiger partial charge in [-0.1, -0.05) is 39.0 Å². The summed E-state index contributed by atoms with van der Waals surface area (Å²) in [5.41, 5.74) is 3.30. The second-order valence-corrected chi connectivity index (χ2v) is 11.4. The van der Waals surface area contributed by atoms with Crippen LogP contribution < -0.4 is 0 Å². The fraction of sp³-hybridized carbons (Fsp3) is 0.562. The highest BCUT2D eigenvalue weighted by Gasteiger charge is 2.40. The molecule has 0 aliphatic rings. The molecule has 19 heavy (non-hydrogen) atoms. The van der Waals surface area contributed by atoms with Gasteiger partial charge in [-0.3, -0.25) is 0 Å². The summed E-state index contributed by atoms with van der Waals surface area (Å²) in [5.74, 6) is 0. The highest BCUT2D eigenvalue weighted by molar-refractivity contribution is 6.74. The minimum atomic E-state index is -1.94. The summed E-state index contributed by atoms with van der Waals surface area (Å²) >= 11 is 0. The molecule has 1 aromatic rings. The van der Waals surface area contributed by atoms with Crippen molar-refractivity contribution < 1.29 is 4.43 Å². The second kappa shape index (κ2) is 5.48. The van der Waals surface area contributed by atoms with E-state index in [2.05, 4.69) is 39.9 Å². The van der Waals surface area contributed by atoms with Gasteiger partial charge in [-0.15, -0.1) is 0 Å². The summed E-state index contributed by atoms with van der Waals surface area (Å²) in [6.07, 6.45) is -0.456. The molecule has 0 aromatic heterocycles. The van der Waals surface area contributed by atoms with Crippen LogP contribution in [0.25, 0.3) is 0 Å². The van der Waals surface area contributed by atoms with E-state index >= 15 is 0 Å². The van der Waals surface area contributed by atoms with E-state index in [1.165, 1.54) is 0 Å². The second-order valence-electron chi connectivity index (χ2n) is 6.69. The lowest BCUT2D eigenvalue weighted by atomic mass is 9.99. The topological polar surface area (TPSA) is 33.0 Å². The summed E-state index contributed by atoms with van der Waals surface area (Å²) in [6, 6.07) is 8.45. The first-order valence-electron chi connectivity index (χ1n) is 6.73. The smallest absolute Gasteiger partial charge is 0.194 e. The molecular formula is C16H25NOSi. The molecule has 0 fully saturated rings. The van der Waals surface area contributed by atoms with Crippen LogP contribution in [-0.2, 0) is 4.43 Å². The van der Waals surface area contributed by atoms with Crippen molar-refractivity contribution in [2.24, 2.45) is 0 Å². The number of benzene rings is 1. The first-order valence-corrected chi connectivity index (χ1v) is 9.64. The molecule has 0 saturated carbocycles. The largest absolute Gasteiger partial charge is 0.398 e. The van der Waals surface area contributed by atoms with Gasteiger partial charge in [0.15, 0.2) is 14.4 Å². The molecule has 2 nitrogen and oxygen atoms in total. The fourth-order valence-corrected chi connectivity index (χ4v) is 2.98. The Morgan fingerprint density at radius 2 is 1.63 bits per heavy atom. The van der Waals surface area contributed by atoms with Gasteiger partial charge in [0, 0.05) is 0 Å². The molecule has 0 N–H and O–H groups in total. The molecule has 1 atom stereocenters. The Morgan fingerprint density at radius 3 is 2.00 bits per heavy atom. The van der Waals surface area contributed by atoms with E-state index in [4.69, 9.17) is 4.43 Å². The van der Waals surface area contributed by atoms with E-state index in [1.807, 2.05) is 32.0 Å². The zero-order chi connectivity index (χ0) is 14.8. The van der Waals surface area contributed by atoms with Gasteiger partial charge < -0.3 is 4.43 Å². The lowest BCUT2D eigenvalue weighted by Gasteiger charge is -2.38. The quantitative estimate of drug-likeness (QED) is 0.736. The predicted molar refractivity (Wildman–Crippen MR) is 82.6 cm³/mol. The molecule has 0 radical (unpaired) electrons. The summed E-state index contributed by atoms with van der Waals surface area (Å²) < 4.78 is 6.28. The molecule has 0 spiro atoms. The van der Waals surface area contributed by atoms with Gasteiger partial charge in [0.1, 0.15) is 0 Å². The average Bonchev–Trinajstić information content (AvgIpc) is 2.25. The van der Waals surface area contributed by atoms with Crippen LogP contribution in [-0.4, -0.2) is 8.32 Å². The maximum Gasteiger partial charge on any atom is 0.194 e. The summed E-state index contributed by atoms with van der Waals surface area (Å²) in [6.45, 7) is 15.0. The number of aryl methyl sites for hydroxylation is 2. The fourth-order valence-electron chi connectivity index (χ4n) is 1.86. The third-order valence-corrected chi connectivity index (χ3v) is 8.58. The van der Waals surface area contributed by atoms with Crippen LogP contribution in [0.1, 0.15) is 43.6 Å². The maximum atomic E-state index is 9.50. The third-order valence-electron chi connectivity index (χ3n) is 4.14. The summed E-state index contributed by atoms with van der Waals surface area (Å²) in [7, 11) is -1.94. The lowest BCUT2D eigenvalue weighted by molar-refractivity contribution is 0.234. The van der Waals surface area contributed by atoms with Crippen molar-refractivity contribution >= 4 is 8.32 Å². The van der Waals surface area contributed by atoms with Crippen LogP contribution in [0.2, 0.25) is 18.1 Å². The Hall–Kier alpha value is -1.11. The first kappa shape index (κ1) is 15.9. The van der Waals surface area contributed by atoms with Crippen LogP contribution in [0, 0.1) is 25.2 Å². The van der Waals surface area contributed by atoms with Crippen LogP contribution in [0.15, 0.2) is 18.2 Å². The Bertz CT molecular complexity index is 474. The Morgan fingerprint density at radius 1 is 1.16 bits per heavy atom. The molecule has 3 heteroatoms. The minimum absolute atomic E-state index is 0.110. The highest BCUT2D eigenvalue weighted by Crippen LogP contribution is 2.40. The molecule has 0 heterocycles. The van der Waals surface area contributed by atoms with Crippen molar-refractivity contribution in [3.05, 3.63) is 34.9 Å². The van der Waals surface area contributed by atoms with Crippen molar-refractivity contribution in [2.45, 2.75) is 58.9 Å².